The molecule has 0 unspecified atom stereocenters. The standard InChI is InChI=1S/C16H21NO3/c1-2-3-10-15(18)11-7-12-17-16(19)20-13-14-8-5-4-6-9-14/h2,4-6,8-9H,1,3,7,10-13H2,(H,17,19). The summed E-state index contributed by atoms with van der Waals surface area (Å²) in [4.78, 5) is 22.8. The summed E-state index contributed by atoms with van der Waals surface area (Å²) >= 11 is 0. The fraction of sp³-hybridized carbons (Fsp3) is 0.375. The van der Waals surface area contributed by atoms with Crippen molar-refractivity contribution in [3.05, 3.63) is 48.6 Å². The number of alkyl carbamates (subject to hydrolysis) is 1. The number of ether oxygens (including phenoxy) is 1. The molecule has 0 saturated carbocycles. The number of hydrogen-bond acceptors (Lipinski definition) is 3. The molecule has 0 aliphatic carbocycles. The molecule has 20 heavy (non-hydrogen) atoms. The predicted octanol–water partition coefficient (Wildman–Crippen LogP) is 3.23. The van der Waals surface area contributed by atoms with Crippen molar-refractivity contribution in [2.45, 2.75) is 32.3 Å². The van der Waals surface area contributed by atoms with Crippen molar-refractivity contribution in [2.24, 2.45) is 0 Å². The minimum Gasteiger partial charge on any atom is -0.445 e. The van der Waals surface area contributed by atoms with E-state index >= 15 is 0 Å². The van der Waals surface area contributed by atoms with E-state index in [-0.39, 0.29) is 12.4 Å². The van der Waals surface area contributed by atoms with Gasteiger partial charge in [0.25, 0.3) is 0 Å². The Morgan fingerprint density at radius 1 is 1.20 bits per heavy atom. The Balaban J connectivity index is 2.06. The Bertz CT molecular complexity index is 429. The van der Waals surface area contributed by atoms with Gasteiger partial charge in [-0.1, -0.05) is 36.4 Å². The maximum atomic E-state index is 11.4. The van der Waals surface area contributed by atoms with Crippen molar-refractivity contribution in [2.75, 3.05) is 6.54 Å². The van der Waals surface area contributed by atoms with Crippen LogP contribution < -0.4 is 5.32 Å². The van der Waals surface area contributed by atoms with Gasteiger partial charge in [0, 0.05) is 19.4 Å². The third kappa shape index (κ3) is 7.36. The van der Waals surface area contributed by atoms with Crippen LogP contribution >= 0.6 is 0 Å². The van der Waals surface area contributed by atoms with E-state index < -0.39 is 6.09 Å². The van der Waals surface area contributed by atoms with Gasteiger partial charge in [-0.15, -0.1) is 6.58 Å². The minimum atomic E-state index is -0.451. The second kappa shape index (κ2) is 9.78. The fourth-order valence-electron chi connectivity index (χ4n) is 1.64. The third-order valence-corrected chi connectivity index (χ3v) is 2.74. The van der Waals surface area contributed by atoms with E-state index in [2.05, 4.69) is 11.9 Å². The zero-order valence-electron chi connectivity index (χ0n) is 11.6. The first-order valence-corrected chi connectivity index (χ1v) is 6.79. The maximum absolute atomic E-state index is 11.4. The molecule has 0 aromatic heterocycles. The van der Waals surface area contributed by atoms with E-state index in [0.717, 1.165) is 5.56 Å². The molecule has 1 aromatic carbocycles. The summed E-state index contributed by atoms with van der Waals surface area (Å²) in [5.41, 5.74) is 0.947. The van der Waals surface area contributed by atoms with E-state index in [9.17, 15) is 9.59 Å². The Morgan fingerprint density at radius 2 is 1.95 bits per heavy atom. The van der Waals surface area contributed by atoms with E-state index in [1.54, 1.807) is 6.08 Å². The lowest BCUT2D eigenvalue weighted by molar-refractivity contribution is -0.119. The van der Waals surface area contributed by atoms with Crippen molar-refractivity contribution >= 4 is 11.9 Å². The number of amides is 1. The van der Waals surface area contributed by atoms with Gasteiger partial charge >= 0.3 is 6.09 Å². The second-order valence-corrected chi connectivity index (χ2v) is 4.46. The maximum Gasteiger partial charge on any atom is 0.407 e. The average Bonchev–Trinajstić information content (AvgIpc) is 2.48. The zero-order chi connectivity index (χ0) is 14.6. The number of carbonyl (C=O) groups excluding carboxylic acids is 2. The Labute approximate surface area is 119 Å². The molecular formula is C16H21NO3. The number of Topliss-reactive ketones (excluding diaryl/α,β-unsaturated/α-hetero) is 1. The van der Waals surface area contributed by atoms with Crippen LogP contribution in [0.1, 0.15) is 31.2 Å². The van der Waals surface area contributed by atoms with Gasteiger partial charge in [0.15, 0.2) is 0 Å². The van der Waals surface area contributed by atoms with Gasteiger partial charge in [0.05, 0.1) is 0 Å². The Hall–Kier alpha value is -2.10. The Morgan fingerprint density at radius 3 is 2.65 bits per heavy atom. The first-order valence-electron chi connectivity index (χ1n) is 6.79. The number of hydrogen-bond donors (Lipinski definition) is 1. The lowest BCUT2D eigenvalue weighted by Gasteiger charge is -2.06. The summed E-state index contributed by atoms with van der Waals surface area (Å²) in [7, 11) is 0. The van der Waals surface area contributed by atoms with Crippen LogP contribution in [0.3, 0.4) is 0 Å². The summed E-state index contributed by atoms with van der Waals surface area (Å²) in [5.74, 6) is 0.198. The quantitative estimate of drug-likeness (QED) is 0.556. The number of rotatable bonds is 9. The van der Waals surface area contributed by atoms with Crippen molar-refractivity contribution in [3.63, 3.8) is 0 Å². The van der Waals surface area contributed by atoms with Gasteiger partial charge in [0.1, 0.15) is 12.4 Å². The third-order valence-electron chi connectivity index (χ3n) is 2.74. The molecule has 0 atom stereocenters. The van der Waals surface area contributed by atoms with Crippen LogP contribution in [0.15, 0.2) is 43.0 Å². The first-order chi connectivity index (χ1) is 9.72. The molecule has 0 fully saturated rings. The molecule has 0 aliphatic rings. The van der Waals surface area contributed by atoms with Crippen LogP contribution in [0.2, 0.25) is 0 Å². The molecule has 1 rings (SSSR count). The van der Waals surface area contributed by atoms with Gasteiger partial charge < -0.3 is 10.1 Å². The van der Waals surface area contributed by atoms with E-state index in [4.69, 9.17) is 4.74 Å². The lowest BCUT2D eigenvalue weighted by Crippen LogP contribution is -2.25. The highest BCUT2D eigenvalue weighted by Gasteiger charge is 2.03. The monoisotopic (exact) mass is 275 g/mol. The van der Waals surface area contributed by atoms with Gasteiger partial charge in [-0.05, 0) is 18.4 Å². The number of ketones is 1. The summed E-state index contributed by atoms with van der Waals surface area (Å²) in [6.45, 7) is 4.28. The van der Waals surface area contributed by atoms with Gasteiger partial charge in [-0.2, -0.15) is 0 Å². The average molecular weight is 275 g/mol. The van der Waals surface area contributed by atoms with E-state index in [1.165, 1.54) is 0 Å². The SMILES string of the molecule is C=CCCC(=O)CCCNC(=O)OCc1ccccc1. The predicted molar refractivity (Wildman–Crippen MR) is 78.3 cm³/mol. The van der Waals surface area contributed by atoms with Crippen LogP contribution in [0.25, 0.3) is 0 Å². The molecule has 1 aromatic rings. The van der Waals surface area contributed by atoms with Crippen LogP contribution in [0, 0.1) is 0 Å². The summed E-state index contributed by atoms with van der Waals surface area (Å²) < 4.78 is 5.05. The molecule has 0 saturated heterocycles. The van der Waals surface area contributed by atoms with Gasteiger partial charge in [-0.3, -0.25) is 4.79 Å². The molecule has 4 nitrogen and oxygen atoms in total. The number of allylic oxidation sites excluding steroid dienone is 1. The number of benzene rings is 1. The van der Waals surface area contributed by atoms with Crippen molar-refractivity contribution in [1.82, 2.24) is 5.32 Å². The van der Waals surface area contributed by atoms with Crippen molar-refractivity contribution < 1.29 is 14.3 Å². The molecule has 0 spiro atoms. The normalized spacial score (nSPS) is 9.80. The molecule has 1 amide bonds. The zero-order valence-corrected chi connectivity index (χ0v) is 11.6. The summed E-state index contributed by atoms with van der Waals surface area (Å²) in [5, 5.41) is 2.63. The molecule has 0 bridgehead atoms. The summed E-state index contributed by atoms with van der Waals surface area (Å²) in [6, 6.07) is 9.49. The Kier molecular flexibility index (Phi) is 7.80. The fourth-order valence-corrected chi connectivity index (χ4v) is 1.64. The smallest absolute Gasteiger partial charge is 0.407 e. The molecule has 0 heterocycles. The van der Waals surface area contributed by atoms with Gasteiger partial charge in [0.2, 0.25) is 0 Å². The van der Waals surface area contributed by atoms with Gasteiger partial charge in [-0.25, -0.2) is 4.79 Å². The van der Waals surface area contributed by atoms with Crippen molar-refractivity contribution in [1.29, 1.82) is 0 Å². The summed E-state index contributed by atoms with van der Waals surface area (Å²) in [6.07, 6.45) is 3.64. The molecule has 1 N–H and O–H groups in total. The minimum absolute atomic E-state index is 0.198. The topological polar surface area (TPSA) is 55.4 Å². The van der Waals surface area contributed by atoms with Crippen LogP contribution in [-0.2, 0) is 16.1 Å². The van der Waals surface area contributed by atoms with Crippen LogP contribution in [0.4, 0.5) is 4.79 Å². The van der Waals surface area contributed by atoms with E-state index in [0.29, 0.717) is 32.2 Å². The molecule has 108 valence electrons. The first kappa shape index (κ1) is 16.0. The molecule has 4 heteroatoms. The number of carbonyl (C=O) groups is 2. The second-order valence-electron chi connectivity index (χ2n) is 4.46. The molecule has 0 radical (unpaired) electrons. The van der Waals surface area contributed by atoms with Crippen molar-refractivity contribution in [3.8, 4) is 0 Å². The highest BCUT2D eigenvalue weighted by molar-refractivity contribution is 5.78. The highest BCUT2D eigenvalue weighted by Crippen LogP contribution is 2.01. The largest absolute Gasteiger partial charge is 0.445 e. The lowest BCUT2D eigenvalue weighted by atomic mass is 10.1. The van der Waals surface area contributed by atoms with E-state index in [1.807, 2.05) is 30.3 Å². The van der Waals surface area contributed by atoms with Crippen LogP contribution in [0.5, 0.6) is 0 Å². The molecule has 0 aliphatic heterocycles. The van der Waals surface area contributed by atoms with Crippen LogP contribution in [-0.4, -0.2) is 18.4 Å². The highest BCUT2D eigenvalue weighted by atomic mass is 16.5. The molecular weight excluding hydrogens is 254 g/mol. The number of nitrogens with one attached hydrogen (secondary N) is 1.